The summed E-state index contributed by atoms with van der Waals surface area (Å²) in [5, 5.41) is 0. The highest BCUT2D eigenvalue weighted by Crippen LogP contribution is 2.28. The second kappa shape index (κ2) is 9.06. The highest BCUT2D eigenvalue weighted by Gasteiger charge is 2.34. The summed E-state index contributed by atoms with van der Waals surface area (Å²) in [5.41, 5.74) is 0.748. The third-order valence-electron chi connectivity index (χ3n) is 6.58. The molecule has 3 aliphatic heterocycles. The van der Waals surface area contributed by atoms with Gasteiger partial charge in [-0.2, -0.15) is 4.31 Å². The van der Waals surface area contributed by atoms with Crippen LogP contribution in [0.4, 0.5) is 5.69 Å². The number of carbonyl (C=O) groups is 2. The van der Waals surface area contributed by atoms with Crippen LogP contribution in [0.1, 0.15) is 51.4 Å². The van der Waals surface area contributed by atoms with E-state index in [2.05, 4.69) is 0 Å². The molecule has 8 heteroatoms. The van der Waals surface area contributed by atoms with Crippen molar-refractivity contribution in [2.24, 2.45) is 5.92 Å². The first-order valence-corrected chi connectivity index (χ1v) is 12.6. The average Bonchev–Trinajstić information content (AvgIpc) is 3.01. The molecule has 7 nitrogen and oxygen atoms in total. The number of piperidine rings is 1. The van der Waals surface area contributed by atoms with Gasteiger partial charge < -0.3 is 9.80 Å². The minimum absolute atomic E-state index is 0.0712. The van der Waals surface area contributed by atoms with Gasteiger partial charge in [0.1, 0.15) is 0 Å². The summed E-state index contributed by atoms with van der Waals surface area (Å²) in [6, 6.07) is 6.60. The molecule has 0 aliphatic carbocycles. The van der Waals surface area contributed by atoms with E-state index in [-0.39, 0.29) is 22.6 Å². The Balaban J connectivity index is 1.37. The first kappa shape index (κ1) is 21.3. The molecular weight excluding hydrogens is 402 g/mol. The van der Waals surface area contributed by atoms with Gasteiger partial charge in [0.05, 0.1) is 4.90 Å². The van der Waals surface area contributed by atoms with Crippen molar-refractivity contribution in [2.45, 2.75) is 56.3 Å². The number of benzene rings is 1. The Bertz CT molecular complexity index is 868. The molecule has 4 rings (SSSR count). The molecule has 1 aromatic rings. The molecule has 0 radical (unpaired) electrons. The van der Waals surface area contributed by atoms with Gasteiger partial charge in [-0.05, 0) is 56.4 Å². The topological polar surface area (TPSA) is 78.0 Å². The maximum absolute atomic E-state index is 13.1. The number of amides is 2. The van der Waals surface area contributed by atoms with Crippen molar-refractivity contribution >= 4 is 27.5 Å². The molecule has 3 aliphatic rings. The predicted molar refractivity (Wildman–Crippen MR) is 115 cm³/mol. The fraction of sp³-hybridized carbons (Fsp3) is 0.636. The summed E-state index contributed by atoms with van der Waals surface area (Å²) in [4.78, 5) is 28.7. The van der Waals surface area contributed by atoms with Crippen molar-refractivity contribution in [3.8, 4) is 0 Å². The molecule has 0 spiro atoms. The molecule has 30 heavy (non-hydrogen) atoms. The van der Waals surface area contributed by atoms with Gasteiger partial charge in [0.15, 0.2) is 0 Å². The monoisotopic (exact) mass is 433 g/mol. The average molecular weight is 434 g/mol. The maximum Gasteiger partial charge on any atom is 0.243 e. The smallest absolute Gasteiger partial charge is 0.243 e. The van der Waals surface area contributed by atoms with Crippen LogP contribution in [0.15, 0.2) is 29.2 Å². The van der Waals surface area contributed by atoms with E-state index >= 15 is 0 Å². The molecule has 0 bridgehead atoms. The van der Waals surface area contributed by atoms with E-state index in [1.165, 1.54) is 17.1 Å². The Morgan fingerprint density at radius 2 is 1.47 bits per heavy atom. The number of likely N-dealkylation sites (tertiary alicyclic amines) is 1. The molecular formula is C22H31N3O4S. The van der Waals surface area contributed by atoms with Crippen LogP contribution in [0.3, 0.4) is 0 Å². The van der Waals surface area contributed by atoms with Gasteiger partial charge in [-0.3, -0.25) is 9.59 Å². The Morgan fingerprint density at radius 1 is 0.833 bits per heavy atom. The zero-order valence-electron chi connectivity index (χ0n) is 17.5. The summed E-state index contributed by atoms with van der Waals surface area (Å²) in [6.07, 6.45) is 7.05. The number of rotatable bonds is 4. The van der Waals surface area contributed by atoms with Gasteiger partial charge in [0, 0.05) is 50.7 Å². The minimum atomic E-state index is -3.59. The highest BCUT2D eigenvalue weighted by atomic mass is 32.2. The van der Waals surface area contributed by atoms with Crippen LogP contribution >= 0.6 is 0 Å². The molecule has 0 saturated carbocycles. The first-order valence-electron chi connectivity index (χ1n) is 11.2. The summed E-state index contributed by atoms with van der Waals surface area (Å²) in [5.74, 6) is 0.216. The molecule has 0 N–H and O–H groups in total. The lowest BCUT2D eigenvalue weighted by Gasteiger charge is -2.33. The third-order valence-corrected chi connectivity index (χ3v) is 8.49. The van der Waals surface area contributed by atoms with Crippen LogP contribution in [0.5, 0.6) is 0 Å². The summed E-state index contributed by atoms with van der Waals surface area (Å²) < 4.78 is 27.6. The quantitative estimate of drug-likeness (QED) is 0.731. The molecule has 3 heterocycles. The van der Waals surface area contributed by atoms with E-state index in [9.17, 15) is 18.0 Å². The van der Waals surface area contributed by atoms with Crippen LogP contribution in [0.25, 0.3) is 0 Å². The lowest BCUT2D eigenvalue weighted by atomic mass is 9.96. The normalized spacial score (nSPS) is 22.3. The van der Waals surface area contributed by atoms with Gasteiger partial charge >= 0.3 is 0 Å². The Labute approximate surface area is 179 Å². The standard InChI is InChI=1S/C22H31N3O4S/c26-21-6-5-15-25(21)19-7-9-20(10-8-19)30(28,29)24-16-11-18(12-17-24)22(27)23-13-3-1-2-4-14-23/h7-10,18H,1-6,11-17H2. The number of carbonyl (C=O) groups excluding carboxylic acids is 2. The van der Waals surface area contributed by atoms with Crippen LogP contribution in [-0.4, -0.2) is 62.2 Å². The number of nitrogens with zero attached hydrogens (tertiary/aromatic N) is 3. The van der Waals surface area contributed by atoms with Crippen LogP contribution in [0.2, 0.25) is 0 Å². The lowest BCUT2D eigenvalue weighted by Crippen LogP contribution is -2.44. The fourth-order valence-corrected chi connectivity index (χ4v) is 6.23. The summed E-state index contributed by atoms with van der Waals surface area (Å²) in [7, 11) is -3.59. The Kier molecular flexibility index (Phi) is 6.43. The maximum atomic E-state index is 13.1. The first-order chi connectivity index (χ1) is 14.5. The zero-order chi connectivity index (χ0) is 21.1. The van der Waals surface area contributed by atoms with Crippen LogP contribution < -0.4 is 4.90 Å². The molecule has 3 fully saturated rings. The van der Waals surface area contributed by atoms with E-state index in [1.807, 2.05) is 4.90 Å². The largest absolute Gasteiger partial charge is 0.342 e. The second-order valence-corrected chi connectivity index (χ2v) is 10.5. The number of hydrogen-bond acceptors (Lipinski definition) is 4. The molecule has 3 saturated heterocycles. The number of hydrogen-bond donors (Lipinski definition) is 0. The second-order valence-electron chi connectivity index (χ2n) is 8.56. The zero-order valence-corrected chi connectivity index (χ0v) is 18.3. The minimum Gasteiger partial charge on any atom is -0.342 e. The molecule has 164 valence electrons. The summed E-state index contributed by atoms with van der Waals surface area (Å²) in [6.45, 7) is 3.10. The number of anilines is 1. The Hall–Kier alpha value is -1.93. The van der Waals surface area contributed by atoms with E-state index < -0.39 is 10.0 Å². The van der Waals surface area contributed by atoms with Crippen molar-refractivity contribution in [1.82, 2.24) is 9.21 Å². The lowest BCUT2D eigenvalue weighted by molar-refractivity contribution is -0.136. The number of sulfonamides is 1. The SMILES string of the molecule is O=C(C1CCN(S(=O)(=O)c2ccc(N3CCCC3=O)cc2)CC1)N1CCCCCC1. The molecule has 2 amide bonds. The van der Waals surface area contributed by atoms with Crippen molar-refractivity contribution in [2.75, 3.05) is 37.6 Å². The molecule has 0 unspecified atom stereocenters. The van der Waals surface area contributed by atoms with Crippen LogP contribution in [0, 0.1) is 5.92 Å². The Morgan fingerprint density at radius 3 is 2.03 bits per heavy atom. The van der Waals surface area contributed by atoms with Gasteiger partial charge in [-0.15, -0.1) is 0 Å². The molecule has 0 aromatic heterocycles. The fourth-order valence-electron chi connectivity index (χ4n) is 4.76. The summed E-state index contributed by atoms with van der Waals surface area (Å²) >= 11 is 0. The van der Waals surface area contributed by atoms with Gasteiger partial charge in [-0.1, -0.05) is 12.8 Å². The highest BCUT2D eigenvalue weighted by molar-refractivity contribution is 7.89. The van der Waals surface area contributed by atoms with Gasteiger partial charge in [0.25, 0.3) is 0 Å². The van der Waals surface area contributed by atoms with Crippen molar-refractivity contribution in [1.29, 1.82) is 0 Å². The van der Waals surface area contributed by atoms with Crippen LogP contribution in [-0.2, 0) is 19.6 Å². The van der Waals surface area contributed by atoms with Gasteiger partial charge in [0.2, 0.25) is 21.8 Å². The predicted octanol–water partition coefficient (Wildman–Crippen LogP) is 2.62. The van der Waals surface area contributed by atoms with E-state index in [0.717, 1.165) is 38.0 Å². The van der Waals surface area contributed by atoms with E-state index in [4.69, 9.17) is 0 Å². The molecule has 1 aromatic carbocycles. The van der Waals surface area contributed by atoms with Gasteiger partial charge in [-0.25, -0.2) is 8.42 Å². The third kappa shape index (κ3) is 4.39. The van der Waals surface area contributed by atoms with Crippen molar-refractivity contribution < 1.29 is 18.0 Å². The van der Waals surface area contributed by atoms with Crippen molar-refractivity contribution in [3.63, 3.8) is 0 Å². The van der Waals surface area contributed by atoms with E-state index in [1.54, 1.807) is 29.2 Å². The van der Waals surface area contributed by atoms with E-state index in [0.29, 0.717) is 38.9 Å². The van der Waals surface area contributed by atoms with Crippen molar-refractivity contribution in [3.05, 3.63) is 24.3 Å². The molecule has 0 atom stereocenters.